The van der Waals surface area contributed by atoms with Crippen LogP contribution in [-0.2, 0) is 4.79 Å². The Balaban J connectivity index is 2.84. The number of carboxylic acids is 1. The van der Waals surface area contributed by atoms with Crippen LogP contribution in [0, 0.1) is 0 Å². The maximum Gasteiger partial charge on any atom is 0.326 e. The highest BCUT2D eigenvalue weighted by atomic mass is 16.4. The molecule has 1 aromatic rings. The third kappa shape index (κ3) is 3.44. The topological polar surface area (TPSA) is 173 Å². The van der Waals surface area contributed by atoms with Crippen LogP contribution in [-0.4, -0.2) is 38.4 Å². The lowest BCUT2D eigenvalue weighted by Crippen LogP contribution is -2.23. The van der Waals surface area contributed by atoms with Crippen molar-refractivity contribution < 1.29 is 20.1 Å². The molecule has 0 aliphatic rings. The zero-order valence-electron chi connectivity index (χ0n) is 10.2. The van der Waals surface area contributed by atoms with Crippen molar-refractivity contribution in [3.05, 3.63) is 6.07 Å². The molecular formula is C10H17N5O4. The first-order valence-corrected chi connectivity index (χ1v) is 5.51. The van der Waals surface area contributed by atoms with Gasteiger partial charge >= 0.3 is 5.97 Å². The highest BCUT2D eigenvalue weighted by Crippen LogP contribution is 2.35. The van der Waals surface area contributed by atoms with Crippen LogP contribution in [0.2, 0.25) is 0 Å². The van der Waals surface area contributed by atoms with E-state index in [2.05, 4.69) is 4.99 Å². The summed E-state index contributed by atoms with van der Waals surface area (Å²) in [5, 5.41) is 28.3. The monoisotopic (exact) mass is 271 g/mol. The molecule has 0 amide bonds. The minimum absolute atomic E-state index is 0.0808. The number of carbonyl (C=O) groups is 1. The Morgan fingerprint density at radius 1 is 1.42 bits per heavy atom. The Labute approximate surface area is 108 Å². The molecule has 0 aromatic carbocycles. The number of hydrogen-bond acceptors (Lipinski definition) is 5. The lowest BCUT2D eigenvalue weighted by Gasteiger charge is -2.16. The van der Waals surface area contributed by atoms with Gasteiger partial charge in [0.1, 0.15) is 6.04 Å². The highest BCUT2D eigenvalue weighted by Gasteiger charge is 2.25. The number of rotatable bonds is 6. The van der Waals surface area contributed by atoms with Crippen molar-refractivity contribution in [1.82, 2.24) is 4.57 Å². The van der Waals surface area contributed by atoms with Crippen LogP contribution >= 0.6 is 0 Å². The average Bonchev–Trinajstić information content (AvgIpc) is 2.54. The van der Waals surface area contributed by atoms with Crippen molar-refractivity contribution in [1.29, 1.82) is 0 Å². The number of anilines is 1. The van der Waals surface area contributed by atoms with Crippen LogP contribution in [0.1, 0.15) is 18.9 Å². The Kier molecular flexibility index (Phi) is 4.46. The first kappa shape index (κ1) is 14.5. The molecule has 1 heterocycles. The van der Waals surface area contributed by atoms with Crippen LogP contribution in [0.3, 0.4) is 0 Å². The number of nitrogens with two attached hydrogens (primary N) is 3. The predicted octanol–water partition coefficient (Wildman–Crippen LogP) is -0.839. The van der Waals surface area contributed by atoms with E-state index in [1.807, 2.05) is 0 Å². The lowest BCUT2D eigenvalue weighted by atomic mass is 10.1. The van der Waals surface area contributed by atoms with Gasteiger partial charge in [-0.05, 0) is 12.8 Å². The maximum atomic E-state index is 11.2. The van der Waals surface area contributed by atoms with E-state index in [1.165, 1.54) is 0 Å². The predicted molar refractivity (Wildman–Crippen MR) is 68.8 cm³/mol. The molecule has 0 fully saturated rings. The maximum absolute atomic E-state index is 11.2. The summed E-state index contributed by atoms with van der Waals surface area (Å²) in [6.45, 7) is 0.254. The Bertz CT molecular complexity index is 492. The molecule has 19 heavy (non-hydrogen) atoms. The van der Waals surface area contributed by atoms with E-state index in [0.717, 1.165) is 10.6 Å². The minimum atomic E-state index is -1.20. The van der Waals surface area contributed by atoms with E-state index >= 15 is 0 Å². The zero-order chi connectivity index (χ0) is 14.6. The largest absolute Gasteiger partial charge is 0.494 e. The van der Waals surface area contributed by atoms with Crippen molar-refractivity contribution in [3.8, 4) is 11.8 Å². The molecule has 1 rings (SSSR count). The second kappa shape index (κ2) is 5.85. The summed E-state index contributed by atoms with van der Waals surface area (Å²) in [5.74, 6) is -2.18. The summed E-state index contributed by atoms with van der Waals surface area (Å²) >= 11 is 0. The summed E-state index contributed by atoms with van der Waals surface area (Å²) in [5.41, 5.74) is 15.6. The van der Waals surface area contributed by atoms with Gasteiger partial charge in [0.25, 0.3) is 0 Å². The quantitative estimate of drug-likeness (QED) is 0.222. The van der Waals surface area contributed by atoms with E-state index in [0.29, 0.717) is 6.42 Å². The van der Waals surface area contributed by atoms with Gasteiger partial charge in [-0.25, -0.2) is 4.79 Å². The van der Waals surface area contributed by atoms with Crippen LogP contribution < -0.4 is 17.2 Å². The molecule has 9 N–H and O–H groups in total. The summed E-state index contributed by atoms with van der Waals surface area (Å²) in [6.07, 6.45) is 0.493. The number of aliphatic carboxylic acids is 1. The molecule has 0 radical (unpaired) electrons. The number of nitrogen functional groups attached to an aromatic ring is 1. The van der Waals surface area contributed by atoms with E-state index < -0.39 is 23.8 Å². The number of aliphatic imine (C=N–C) groups is 1. The van der Waals surface area contributed by atoms with Gasteiger partial charge in [-0.1, -0.05) is 0 Å². The number of hydrogen-bond donors (Lipinski definition) is 6. The molecule has 0 aliphatic heterocycles. The van der Waals surface area contributed by atoms with Crippen molar-refractivity contribution in [2.24, 2.45) is 16.5 Å². The molecule has 106 valence electrons. The van der Waals surface area contributed by atoms with E-state index in [1.54, 1.807) is 0 Å². The van der Waals surface area contributed by atoms with Gasteiger partial charge < -0.3 is 32.5 Å². The highest BCUT2D eigenvalue weighted by molar-refractivity contribution is 5.75. The molecule has 9 nitrogen and oxygen atoms in total. The normalized spacial score (nSPS) is 12.0. The fraction of sp³-hybridized carbons (Fsp3) is 0.400. The Hall–Kier alpha value is -2.58. The lowest BCUT2D eigenvalue weighted by molar-refractivity contribution is -0.141. The minimum Gasteiger partial charge on any atom is -0.494 e. The Morgan fingerprint density at radius 3 is 2.47 bits per heavy atom. The summed E-state index contributed by atoms with van der Waals surface area (Å²) < 4.78 is 0.854. The zero-order valence-corrected chi connectivity index (χ0v) is 10.2. The molecule has 0 saturated carbocycles. The van der Waals surface area contributed by atoms with E-state index in [9.17, 15) is 15.0 Å². The third-order valence-electron chi connectivity index (χ3n) is 2.54. The van der Waals surface area contributed by atoms with Crippen molar-refractivity contribution in [2.45, 2.75) is 18.9 Å². The molecular weight excluding hydrogens is 254 g/mol. The van der Waals surface area contributed by atoms with Gasteiger partial charge in [-0.3, -0.25) is 9.56 Å². The standard InChI is InChI=1S/C10H17N5O4/c11-5-4-7(16)15(8(5)17)6(9(18)19)2-1-3-14-10(12)13/h4,6,16-17H,1-3,11H2,(H,18,19)(H4,12,13,14). The van der Waals surface area contributed by atoms with Crippen LogP contribution in [0.25, 0.3) is 0 Å². The number of aromatic hydroxyl groups is 2. The first-order valence-electron chi connectivity index (χ1n) is 5.51. The molecule has 0 bridgehead atoms. The first-order chi connectivity index (χ1) is 8.84. The fourth-order valence-corrected chi connectivity index (χ4v) is 1.68. The molecule has 1 aromatic heterocycles. The van der Waals surface area contributed by atoms with Crippen LogP contribution in [0.5, 0.6) is 11.8 Å². The molecule has 9 heteroatoms. The van der Waals surface area contributed by atoms with Gasteiger partial charge in [-0.15, -0.1) is 0 Å². The van der Waals surface area contributed by atoms with Crippen molar-refractivity contribution in [2.75, 3.05) is 12.3 Å². The molecule has 1 atom stereocenters. The summed E-state index contributed by atoms with van der Waals surface area (Å²) in [6, 6.07) is -0.0621. The number of carboxylic acid groups (broad SMARTS) is 1. The molecule has 1 unspecified atom stereocenters. The van der Waals surface area contributed by atoms with Gasteiger partial charge in [0.05, 0.1) is 5.69 Å². The van der Waals surface area contributed by atoms with Gasteiger partial charge in [-0.2, -0.15) is 0 Å². The summed E-state index contributed by atoms with van der Waals surface area (Å²) in [4.78, 5) is 14.9. The smallest absolute Gasteiger partial charge is 0.326 e. The van der Waals surface area contributed by atoms with Gasteiger partial charge in [0.15, 0.2) is 11.8 Å². The number of guanidine groups is 1. The Morgan fingerprint density at radius 2 is 2.05 bits per heavy atom. The number of aromatic nitrogens is 1. The van der Waals surface area contributed by atoms with E-state index in [-0.39, 0.29) is 24.6 Å². The second-order valence-corrected chi connectivity index (χ2v) is 3.95. The van der Waals surface area contributed by atoms with Crippen LogP contribution in [0.15, 0.2) is 11.1 Å². The van der Waals surface area contributed by atoms with Crippen molar-refractivity contribution in [3.63, 3.8) is 0 Å². The van der Waals surface area contributed by atoms with Crippen molar-refractivity contribution >= 4 is 17.6 Å². The fourth-order valence-electron chi connectivity index (χ4n) is 1.68. The second-order valence-electron chi connectivity index (χ2n) is 3.95. The molecule has 0 aliphatic carbocycles. The number of nitrogens with zero attached hydrogens (tertiary/aromatic N) is 2. The van der Waals surface area contributed by atoms with Gasteiger partial charge in [0, 0.05) is 12.6 Å². The molecule has 0 saturated heterocycles. The van der Waals surface area contributed by atoms with Gasteiger partial charge in [0.2, 0.25) is 5.88 Å². The summed E-state index contributed by atoms with van der Waals surface area (Å²) in [7, 11) is 0. The SMILES string of the molecule is NC(N)=NCCCC(C(=O)O)n1c(O)cc(N)c1O. The average molecular weight is 271 g/mol. The third-order valence-corrected chi connectivity index (χ3v) is 2.54. The van der Waals surface area contributed by atoms with Crippen LogP contribution in [0.4, 0.5) is 5.69 Å². The molecule has 0 spiro atoms. The van der Waals surface area contributed by atoms with E-state index in [4.69, 9.17) is 22.3 Å².